The smallest absolute Gasteiger partial charge is 0.329 e. The maximum Gasteiger partial charge on any atom is 0.329 e. The summed E-state index contributed by atoms with van der Waals surface area (Å²) in [7, 11) is 3.34. The third-order valence-electron chi connectivity index (χ3n) is 3.82. The molecule has 0 aliphatic heterocycles. The molecule has 0 radical (unpaired) electrons. The van der Waals surface area contributed by atoms with Gasteiger partial charge in [-0.05, 0) is 24.4 Å². The topological polar surface area (TPSA) is 101 Å². The fourth-order valence-electron chi connectivity index (χ4n) is 2.78. The van der Waals surface area contributed by atoms with Crippen molar-refractivity contribution in [2.75, 3.05) is 19.4 Å². The van der Waals surface area contributed by atoms with Gasteiger partial charge in [-0.1, -0.05) is 19.3 Å². The first kappa shape index (κ1) is 16.4. The summed E-state index contributed by atoms with van der Waals surface area (Å²) in [6, 6.07) is 0. The van der Waals surface area contributed by atoms with E-state index in [0.29, 0.717) is 12.8 Å². The van der Waals surface area contributed by atoms with Gasteiger partial charge in [-0.25, -0.2) is 4.98 Å². The van der Waals surface area contributed by atoms with Crippen LogP contribution in [0.2, 0.25) is 5.28 Å². The number of carbonyl (C=O) groups excluding carboxylic acids is 1. The van der Waals surface area contributed by atoms with E-state index in [1.54, 1.807) is 14.1 Å². The normalized spacial score (nSPS) is 16.9. The van der Waals surface area contributed by atoms with Gasteiger partial charge in [-0.3, -0.25) is 14.9 Å². The molecule has 1 N–H and O–H groups in total. The van der Waals surface area contributed by atoms with E-state index in [1.807, 2.05) is 0 Å². The number of rotatable bonds is 4. The minimum Gasteiger partial charge on any atom is -0.350 e. The van der Waals surface area contributed by atoms with Crippen molar-refractivity contribution in [3.63, 3.8) is 0 Å². The van der Waals surface area contributed by atoms with Crippen LogP contribution in [0.3, 0.4) is 0 Å². The molecule has 9 heteroatoms. The van der Waals surface area contributed by atoms with E-state index in [2.05, 4.69) is 15.3 Å². The number of hydrogen-bond acceptors (Lipinski definition) is 6. The molecule has 1 aliphatic carbocycles. The molecule has 0 bridgehead atoms. The highest BCUT2D eigenvalue weighted by Crippen LogP contribution is 2.35. The number of nitro groups is 1. The van der Waals surface area contributed by atoms with Gasteiger partial charge in [-0.15, -0.1) is 0 Å². The van der Waals surface area contributed by atoms with Gasteiger partial charge in [0.05, 0.1) is 4.92 Å². The van der Waals surface area contributed by atoms with Crippen molar-refractivity contribution in [1.29, 1.82) is 0 Å². The third kappa shape index (κ3) is 3.27. The van der Waals surface area contributed by atoms with Crippen LogP contribution in [-0.4, -0.2) is 45.3 Å². The van der Waals surface area contributed by atoms with Crippen LogP contribution in [0.15, 0.2) is 6.20 Å². The molecule has 120 valence electrons. The summed E-state index contributed by atoms with van der Waals surface area (Å²) in [6.07, 6.45) is 5.04. The van der Waals surface area contributed by atoms with Crippen LogP contribution in [-0.2, 0) is 4.79 Å². The van der Waals surface area contributed by atoms with Crippen molar-refractivity contribution >= 4 is 29.0 Å². The lowest BCUT2D eigenvalue weighted by atomic mass is 9.80. The van der Waals surface area contributed by atoms with Crippen LogP contribution in [0.5, 0.6) is 0 Å². The Hall–Kier alpha value is -1.96. The van der Waals surface area contributed by atoms with Gasteiger partial charge in [0.2, 0.25) is 17.0 Å². The summed E-state index contributed by atoms with van der Waals surface area (Å²) >= 11 is 5.75. The molecule has 1 saturated carbocycles. The second-order valence-corrected chi connectivity index (χ2v) is 5.94. The van der Waals surface area contributed by atoms with E-state index in [4.69, 9.17) is 11.6 Å². The minimum atomic E-state index is -0.885. The van der Waals surface area contributed by atoms with Gasteiger partial charge < -0.3 is 10.2 Å². The Morgan fingerprint density at radius 3 is 2.59 bits per heavy atom. The third-order valence-corrected chi connectivity index (χ3v) is 4.00. The van der Waals surface area contributed by atoms with Crippen molar-refractivity contribution in [2.24, 2.45) is 0 Å². The first-order valence-corrected chi connectivity index (χ1v) is 7.40. The Bertz CT molecular complexity index is 587. The van der Waals surface area contributed by atoms with Crippen LogP contribution < -0.4 is 5.32 Å². The van der Waals surface area contributed by atoms with Crippen molar-refractivity contribution in [2.45, 2.75) is 37.6 Å². The molecule has 2 rings (SSSR count). The number of nitrogens with zero attached hydrogens (tertiary/aromatic N) is 4. The Kier molecular flexibility index (Phi) is 4.80. The maximum absolute atomic E-state index is 12.6. The van der Waals surface area contributed by atoms with Crippen LogP contribution in [0, 0.1) is 10.1 Å². The van der Waals surface area contributed by atoms with E-state index >= 15 is 0 Å². The minimum absolute atomic E-state index is 0.0119. The summed E-state index contributed by atoms with van der Waals surface area (Å²) < 4.78 is 0. The van der Waals surface area contributed by atoms with Crippen LogP contribution in [0.25, 0.3) is 0 Å². The highest BCUT2D eigenvalue weighted by Gasteiger charge is 2.42. The number of carbonyl (C=O) groups is 1. The molecule has 0 spiro atoms. The average Bonchev–Trinajstić information content (AvgIpc) is 2.47. The molecule has 1 fully saturated rings. The zero-order valence-electron chi connectivity index (χ0n) is 12.5. The van der Waals surface area contributed by atoms with E-state index in [0.717, 1.165) is 25.5 Å². The standard InChI is InChI=1S/C13H18ClN5O3/c1-18(2)11(20)13(6-4-3-5-7-13)17-10-9(19(21)22)8-15-12(14)16-10/h8H,3-7H2,1-2H3,(H,15,16,17). The van der Waals surface area contributed by atoms with Gasteiger partial charge in [0, 0.05) is 14.1 Å². The largest absolute Gasteiger partial charge is 0.350 e. The monoisotopic (exact) mass is 327 g/mol. The molecule has 0 saturated heterocycles. The molecular formula is C13H18ClN5O3. The number of likely N-dealkylation sites (N-methyl/N-ethyl adjacent to an activating group) is 1. The predicted octanol–water partition coefficient (Wildman–Crippen LogP) is 2.24. The Morgan fingerprint density at radius 1 is 1.41 bits per heavy atom. The number of halogens is 1. The SMILES string of the molecule is CN(C)C(=O)C1(Nc2nc(Cl)ncc2[N+](=O)[O-])CCCCC1. The maximum atomic E-state index is 12.6. The van der Waals surface area contributed by atoms with Crippen molar-refractivity contribution in [1.82, 2.24) is 14.9 Å². The molecule has 1 aliphatic rings. The average molecular weight is 328 g/mol. The van der Waals surface area contributed by atoms with Gasteiger partial charge in [0.15, 0.2) is 0 Å². The fourth-order valence-corrected chi connectivity index (χ4v) is 2.92. The molecule has 1 heterocycles. The molecule has 1 amide bonds. The molecule has 0 unspecified atom stereocenters. The number of nitrogens with one attached hydrogen (secondary N) is 1. The van der Waals surface area contributed by atoms with Crippen LogP contribution in [0.4, 0.5) is 11.5 Å². The van der Waals surface area contributed by atoms with Crippen LogP contribution in [0.1, 0.15) is 32.1 Å². The molecule has 8 nitrogen and oxygen atoms in total. The van der Waals surface area contributed by atoms with Gasteiger partial charge in [0.25, 0.3) is 0 Å². The number of anilines is 1. The summed E-state index contributed by atoms with van der Waals surface area (Å²) in [5, 5.41) is 14.0. The molecule has 0 aromatic carbocycles. The molecular weight excluding hydrogens is 310 g/mol. The van der Waals surface area contributed by atoms with Crippen molar-refractivity contribution in [3.05, 3.63) is 21.6 Å². The molecule has 1 aromatic heterocycles. The highest BCUT2D eigenvalue weighted by atomic mass is 35.5. The Balaban J connectivity index is 2.41. The quantitative estimate of drug-likeness (QED) is 0.517. The van der Waals surface area contributed by atoms with E-state index < -0.39 is 10.5 Å². The zero-order valence-corrected chi connectivity index (χ0v) is 13.3. The molecule has 22 heavy (non-hydrogen) atoms. The second-order valence-electron chi connectivity index (χ2n) is 5.60. The van der Waals surface area contributed by atoms with E-state index in [-0.39, 0.29) is 22.7 Å². The lowest BCUT2D eigenvalue weighted by molar-refractivity contribution is -0.384. The Labute approximate surface area is 133 Å². The van der Waals surface area contributed by atoms with E-state index in [1.165, 1.54) is 4.90 Å². The van der Waals surface area contributed by atoms with Crippen LogP contribution >= 0.6 is 11.6 Å². The summed E-state index contributed by atoms with van der Waals surface area (Å²) in [4.78, 5) is 32.2. The predicted molar refractivity (Wildman–Crippen MR) is 81.8 cm³/mol. The lowest BCUT2D eigenvalue weighted by Gasteiger charge is -2.38. The Morgan fingerprint density at radius 2 is 2.05 bits per heavy atom. The number of amides is 1. The first-order valence-electron chi connectivity index (χ1n) is 7.02. The molecule has 1 aromatic rings. The van der Waals surface area contributed by atoms with Gasteiger partial charge in [0.1, 0.15) is 11.7 Å². The summed E-state index contributed by atoms with van der Waals surface area (Å²) in [5.74, 6) is -0.127. The lowest BCUT2D eigenvalue weighted by Crippen LogP contribution is -2.53. The number of aromatic nitrogens is 2. The van der Waals surface area contributed by atoms with Gasteiger partial charge >= 0.3 is 5.69 Å². The zero-order chi connectivity index (χ0) is 16.3. The molecule has 0 atom stereocenters. The number of hydrogen-bond donors (Lipinski definition) is 1. The van der Waals surface area contributed by atoms with Crippen molar-refractivity contribution in [3.8, 4) is 0 Å². The van der Waals surface area contributed by atoms with Gasteiger partial charge in [-0.2, -0.15) is 4.98 Å². The highest BCUT2D eigenvalue weighted by molar-refractivity contribution is 6.28. The first-order chi connectivity index (χ1) is 10.4. The summed E-state index contributed by atoms with van der Waals surface area (Å²) in [5.41, 5.74) is -1.18. The second kappa shape index (κ2) is 6.43. The summed E-state index contributed by atoms with van der Waals surface area (Å²) in [6.45, 7) is 0. The van der Waals surface area contributed by atoms with Crippen molar-refractivity contribution < 1.29 is 9.72 Å². The fraction of sp³-hybridized carbons (Fsp3) is 0.615. The van der Waals surface area contributed by atoms with E-state index in [9.17, 15) is 14.9 Å².